The Balaban J connectivity index is 1.43. The van der Waals surface area contributed by atoms with Gasteiger partial charge in [0.1, 0.15) is 0 Å². The summed E-state index contributed by atoms with van der Waals surface area (Å²) >= 11 is 0. The lowest BCUT2D eigenvalue weighted by Gasteiger charge is -2.32. The van der Waals surface area contributed by atoms with E-state index >= 15 is 0 Å². The van der Waals surface area contributed by atoms with E-state index in [9.17, 15) is 0 Å². The second-order valence-corrected chi connectivity index (χ2v) is 5.72. The van der Waals surface area contributed by atoms with Gasteiger partial charge in [-0.15, -0.1) is 0 Å². The molecule has 1 aromatic rings. The third kappa shape index (κ3) is 3.46. The predicted molar refractivity (Wildman–Crippen MR) is 76.9 cm³/mol. The molecule has 0 N–H and O–H groups in total. The fraction of sp³-hybridized carbons (Fsp3) is 0.733. The van der Waals surface area contributed by atoms with E-state index in [0.29, 0.717) is 12.2 Å². The quantitative estimate of drug-likeness (QED) is 0.842. The first-order valence-electron chi connectivity index (χ1n) is 7.58. The average Bonchev–Trinajstić information content (AvgIpc) is 3.00. The minimum atomic E-state index is 0.327. The normalized spacial score (nSPS) is 24.2. The summed E-state index contributed by atoms with van der Waals surface area (Å²) in [5.74, 6) is 0.841. The number of nitrogens with zero attached hydrogens (tertiary/aromatic N) is 3. The molecule has 3 rings (SSSR count). The van der Waals surface area contributed by atoms with Crippen molar-refractivity contribution >= 4 is 5.95 Å². The van der Waals surface area contributed by atoms with Crippen LogP contribution in [0.15, 0.2) is 12.4 Å². The molecule has 0 spiro atoms. The van der Waals surface area contributed by atoms with Crippen LogP contribution in [0, 0.1) is 6.92 Å². The summed E-state index contributed by atoms with van der Waals surface area (Å²) in [5.41, 5.74) is 1.10. The van der Waals surface area contributed by atoms with E-state index in [0.717, 1.165) is 57.1 Å². The molecule has 5 nitrogen and oxygen atoms in total. The number of ether oxygens (including phenoxy) is 2. The van der Waals surface area contributed by atoms with E-state index in [-0.39, 0.29) is 0 Å². The molecular formula is C15H23N3O2. The minimum absolute atomic E-state index is 0.327. The summed E-state index contributed by atoms with van der Waals surface area (Å²) < 4.78 is 11.6. The van der Waals surface area contributed by atoms with E-state index in [1.54, 1.807) is 0 Å². The summed E-state index contributed by atoms with van der Waals surface area (Å²) in [6.07, 6.45) is 8.86. The Bertz CT molecular complexity index is 410. The topological polar surface area (TPSA) is 47.5 Å². The van der Waals surface area contributed by atoms with Crippen LogP contribution in [-0.2, 0) is 9.47 Å². The van der Waals surface area contributed by atoms with Crippen LogP contribution in [0.5, 0.6) is 0 Å². The van der Waals surface area contributed by atoms with Gasteiger partial charge in [0.2, 0.25) is 5.95 Å². The Hall–Kier alpha value is -1.20. The van der Waals surface area contributed by atoms with Crippen molar-refractivity contribution in [1.29, 1.82) is 0 Å². The molecule has 2 fully saturated rings. The van der Waals surface area contributed by atoms with Crippen LogP contribution < -0.4 is 4.90 Å². The number of hydrogen-bond acceptors (Lipinski definition) is 5. The lowest BCUT2D eigenvalue weighted by Crippen LogP contribution is -2.38. The number of aromatic nitrogens is 2. The third-order valence-corrected chi connectivity index (χ3v) is 4.03. The first kappa shape index (κ1) is 13.8. The van der Waals surface area contributed by atoms with Gasteiger partial charge in [-0.25, -0.2) is 9.97 Å². The van der Waals surface area contributed by atoms with Gasteiger partial charge < -0.3 is 14.4 Å². The van der Waals surface area contributed by atoms with Crippen molar-refractivity contribution in [1.82, 2.24) is 9.97 Å². The molecule has 1 unspecified atom stereocenters. The zero-order valence-electron chi connectivity index (χ0n) is 12.1. The van der Waals surface area contributed by atoms with Gasteiger partial charge in [-0.05, 0) is 38.2 Å². The Morgan fingerprint density at radius 1 is 1.25 bits per heavy atom. The molecule has 5 heteroatoms. The van der Waals surface area contributed by atoms with Crippen LogP contribution in [0.4, 0.5) is 5.95 Å². The molecular weight excluding hydrogens is 254 g/mol. The predicted octanol–water partition coefficient (Wildman–Crippen LogP) is 1.95. The number of anilines is 1. The highest BCUT2D eigenvalue weighted by atomic mass is 16.5. The Labute approximate surface area is 120 Å². The summed E-state index contributed by atoms with van der Waals surface area (Å²) in [7, 11) is 0. The van der Waals surface area contributed by atoms with Crippen molar-refractivity contribution in [3.63, 3.8) is 0 Å². The van der Waals surface area contributed by atoms with Gasteiger partial charge in [0, 0.05) is 32.1 Å². The zero-order valence-corrected chi connectivity index (χ0v) is 12.1. The minimum Gasteiger partial charge on any atom is -0.376 e. The Morgan fingerprint density at radius 2 is 2.00 bits per heavy atom. The van der Waals surface area contributed by atoms with Crippen molar-refractivity contribution in [3.05, 3.63) is 18.0 Å². The molecule has 0 radical (unpaired) electrons. The lowest BCUT2D eigenvalue weighted by molar-refractivity contribution is -0.0280. The van der Waals surface area contributed by atoms with Crippen molar-refractivity contribution < 1.29 is 9.47 Å². The largest absolute Gasteiger partial charge is 0.376 e. The van der Waals surface area contributed by atoms with Crippen molar-refractivity contribution in [2.75, 3.05) is 31.2 Å². The third-order valence-electron chi connectivity index (χ3n) is 4.03. The molecule has 0 saturated carbocycles. The first-order valence-corrected chi connectivity index (χ1v) is 7.58. The molecule has 2 aliphatic rings. The average molecular weight is 277 g/mol. The van der Waals surface area contributed by atoms with Crippen molar-refractivity contribution in [3.8, 4) is 0 Å². The summed E-state index contributed by atoms with van der Waals surface area (Å²) in [6.45, 7) is 5.61. The van der Waals surface area contributed by atoms with Crippen LogP contribution in [0.3, 0.4) is 0 Å². The highest BCUT2D eigenvalue weighted by Gasteiger charge is 2.23. The summed E-state index contributed by atoms with van der Waals surface area (Å²) in [6, 6.07) is 0. The SMILES string of the molecule is Cc1cnc(N2CCC(OCC3CCCO3)CC2)nc1. The maximum absolute atomic E-state index is 5.98. The van der Waals surface area contributed by atoms with Gasteiger partial charge in [0.15, 0.2) is 0 Å². The van der Waals surface area contributed by atoms with Gasteiger partial charge in [-0.2, -0.15) is 0 Å². The van der Waals surface area contributed by atoms with Gasteiger partial charge in [-0.3, -0.25) is 0 Å². The summed E-state index contributed by atoms with van der Waals surface area (Å²) in [4.78, 5) is 11.0. The fourth-order valence-electron chi connectivity index (χ4n) is 2.79. The lowest BCUT2D eigenvalue weighted by atomic mass is 10.1. The van der Waals surface area contributed by atoms with Gasteiger partial charge in [-0.1, -0.05) is 0 Å². The second kappa shape index (κ2) is 6.50. The molecule has 2 saturated heterocycles. The standard InChI is InChI=1S/C15H23N3O2/c1-12-9-16-15(17-10-12)18-6-4-13(5-7-18)20-11-14-3-2-8-19-14/h9-10,13-14H,2-8,11H2,1H3. The van der Waals surface area contributed by atoms with Gasteiger partial charge in [0.05, 0.1) is 18.8 Å². The van der Waals surface area contributed by atoms with Crippen molar-refractivity contribution in [2.45, 2.75) is 44.8 Å². The molecule has 20 heavy (non-hydrogen) atoms. The second-order valence-electron chi connectivity index (χ2n) is 5.72. The molecule has 0 aromatic carbocycles. The van der Waals surface area contributed by atoms with Gasteiger partial charge in [0.25, 0.3) is 0 Å². The molecule has 110 valence electrons. The first-order chi connectivity index (χ1) is 9.81. The van der Waals surface area contributed by atoms with Crippen LogP contribution in [-0.4, -0.2) is 48.5 Å². The maximum atomic E-state index is 5.98. The van der Waals surface area contributed by atoms with E-state index in [1.165, 1.54) is 6.42 Å². The van der Waals surface area contributed by atoms with Gasteiger partial charge >= 0.3 is 0 Å². The number of hydrogen-bond donors (Lipinski definition) is 0. The van der Waals surface area contributed by atoms with Crippen LogP contribution in [0.1, 0.15) is 31.2 Å². The van der Waals surface area contributed by atoms with Crippen LogP contribution >= 0.6 is 0 Å². The molecule has 1 aromatic heterocycles. The molecule has 0 amide bonds. The number of rotatable bonds is 4. The van der Waals surface area contributed by atoms with E-state index in [1.807, 2.05) is 19.3 Å². The fourth-order valence-corrected chi connectivity index (χ4v) is 2.79. The smallest absolute Gasteiger partial charge is 0.225 e. The van der Waals surface area contributed by atoms with Crippen LogP contribution in [0.25, 0.3) is 0 Å². The van der Waals surface area contributed by atoms with E-state index in [2.05, 4.69) is 14.9 Å². The molecule has 2 aliphatic heterocycles. The molecule has 0 bridgehead atoms. The van der Waals surface area contributed by atoms with E-state index in [4.69, 9.17) is 9.47 Å². The molecule has 3 heterocycles. The van der Waals surface area contributed by atoms with E-state index < -0.39 is 0 Å². The number of piperidine rings is 1. The summed E-state index contributed by atoms with van der Waals surface area (Å²) in [5, 5.41) is 0. The zero-order chi connectivity index (χ0) is 13.8. The Morgan fingerprint density at radius 3 is 2.65 bits per heavy atom. The Kier molecular flexibility index (Phi) is 4.47. The highest BCUT2D eigenvalue weighted by Crippen LogP contribution is 2.20. The maximum Gasteiger partial charge on any atom is 0.225 e. The molecule has 1 atom stereocenters. The van der Waals surface area contributed by atoms with Crippen LogP contribution in [0.2, 0.25) is 0 Å². The molecule has 0 aliphatic carbocycles. The monoisotopic (exact) mass is 277 g/mol. The number of aryl methyl sites for hydroxylation is 1. The van der Waals surface area contributed by atoms with Crippen molar-refractivity contribution in [2.24, 2.45) is 0 Å². The highest BCUT2D eigenvalue weighted by molar-refractivity contribution is 5.30.